The summed E-state index contributed by atoms with van der Waals surface area (Å²) >= 11 is 0. The average Bonchev–Trinajstić information content (AvgIpc) is 3.09. The number of piperidine rings is 1. The van der Waals surface area contributed by atoms with E-state index in [4.69, 9.17) is 4.98 Å². The summed E-state index contributed by atoms with van der Waals surface area (Å²) in [5, 5.41) is 0. The Kier molecular flexibility index (Phi) is 4.47. The van der Waals surface area contributed by atoms with E-state index in [0.29, 0.717) is 5.92 Å². The fourth-order valence-corrected chi connectivity index (χ4v) is 3.39. The van der Waals surface area contributed by atoms with E-state index in [1.807, 2.05) is 30.2 Å². The zero-order chi connectivity index (χ0) is 17.1. The second-order valence-corrected chi connectivity index (χ2v) is 6.49. The molecule has 0 amide bonds. The third-order valence-electron chi connectivity index (χ3n) is 4.66. The normalized spacial score (nSPS) is 18.4. The van der Waals surface area contributed by atoms with Crippen molar-refractivity contribution in [2.75, 3.05) is 13.1 Å². The lowest BCUT2D eigenvalue weighted by Gasteiger charge is -2.32. The van der Waals surface area contributed by atoms with Crippen molar-refractivity contribution in [3.05, 3.63) is 54.9 Å². The van der Waals surface area contributed by atoms with Crippen LogP contribution in [-0.2, 0) is 13.6 Å². The fourth-order valence-electron chi connectivity index (χ4n) is 3.39. The number of rotatable bonds is 4. The van der Waals surface area contributed by atoms with Gasteiger partial charge in [0.1, 0.15) is 5.69 Å². The van der Waals surface area contributed by atoms with Gasteiger partial charge in [0, 0.05) is 50.8 Å². The Morgan fingerprint density at radius 2 is 2.04 bits per heavy atom. The van der Waals surface area contributed by atoms with Crippen LogP contribution in [0.3, 0.4) is 0 Å². The molecule has 0 aromatic carbocycles. The van der Waals surface area contributed by atoms with Crippen molar-refractivity contribution >= 4 is 0 Å². The van der Waals surface area contributed by atoms with Crippen LogP contribution in [0.5, 0.6) is 0 Å². The summed E-state index contributed by atoms with van der Waals surface area (Å²) in [6.07, 6.45) is 14.9. The van der Waals surface area contributed by atoms with Crippen molar-refractivity contribution in [1.82, 2.24) is 34.4 Å². The molecule has 25 heavy (non-hydrogen) atoms. The van der Waals surface area contributed by atoms with Crippen molar-refractivity contribution < 1.29 is 0 Å². The van der Waals surface area contributed by atoms with Crippen molar-refractivity contribution in [3.63, 3.8) is 0 Å². The highest BCUT2D eigenvalue weighted by Gasteiger charge is 2.23. The summed E-state index contributed by atoms with van der Waals surface area (Å²) in [6, 6.07) is 0. The Balaban J connectivity index is 1.51. The summed E-state index contributed by atoms with van der Waals surface area (Å²) in [5.74, 6) is 0.395. The van der Waals surface area contributed by atoms with Gasteiger partial charge in [-0.25, -0.2) is 9.97 Å². The van der Waals surface area contributed by atoms with E-state index in [1.165, 1.54) is 0 Å². The molecule has 4 heterocycles. The molecule has 4 rings (SSSR count). The zero-order valence-electron chi connectivity index (χ0n) is 14.3. The molecule has 0 saturated carbocycles. The maximum absolute atomic E-state index is 4.86. The minimum atomic E-state index is 0.395. The van der Waals surface area contributed by atoms with E-state index in [1.54, 1.807) is 24.9 Å². The van der Waals surface area contributed by atoms with Gasteiger partial charge in [-0.1, -0.05) is 0 Å². The van der Waals surface area contributed by atoms with Gasteiger partial charge < -0.3 is 4.57 Å². The topological polar surface area (TPSA) is 72.6 Å². The Hall–Kier alpha value is -2.67. The molecule has 0 radical (unpaired) electrons. The van der Waals surface area contributed by atoms with E-state index < -0.39 is 0 Å². The Labute approximate surface area is 146 Å². The van der Waals surface area contributed by atoms with Crippen LogP contribution >= 0.6 is 0 Å². The fraction of sp³-hybridized carbons (Fsp3) is 0.389. The van der Waals surface area contributed by atoms with Crippen molar-refractivity contribution in [1.29, 1.82) is 0 Å². The van der Waals surface area contributed by atoms with E-state index >= 15 is 0 Å². The molecule has 0 aliphatic carbocycles. The number of likely N-dealkylation sites (tertiary alicyclic amines) is 1. The first-order valence-corrected chi connectivity index (χ1v) is 8.55. The van der Waals surface area contributed by atoms with Gasteiger partial charge >= 0.3 is 0 Å². The summed E-state index contributed by atoms with van der Waals surface area (Å²) in [4.78, 5) is 24.4. The van der Waals surface area contributed by atoms with Gasteiger partial charge in [-0.15, -0.1) is 0 Å². The molecule has 0 spiro atoms. The van der Waals surface area contributed by atoms with Gasteiger partial charge in [0.05, 0.1) is 35.8 Å². The minimum Gasteiger partial charge on any atom is -0.332 e. The minimum absolute atomic E-state index is 0.395. The Morgan fingerprint density at radius 1 is 1.08 bits per heavy atom. The van der Waals surface area contributed by atoms with Crippen molar-refractivity contribution in [2.24, 2.45) is 7.05 Å². The predicted molar refractivity (Wildman–Crippen MR) is 93.5 cm³/mol. The first kappa shape index (κ1) is 15.8. The number of nitrogens with zero attached hydrogens (tertiary/aromatic N) is 7. The Bertz CT molecular complexity index is 830. The summed E-state index contributed by atoms with van der Waals surface area (Å²) < 4.78 is 1.97. The quantitative estimate of drug-likeness (QED) is 0.726. The summed E-state index contributed by atoms with van der Waals surface area (Å²) in [6.45, 7) is 2.89. The summed E-state index contributed by atoms with van der Waals surface area (Å²) in [7, 11) is 1.97. The molecule has 1 aliphatic rings. The zero-order valence-corrected chi connectivity index (χ0v) is 14.3. The van der Waals surface area contributed by atoms with Gasteiger partial charge in [-0.2, -0.15) is 0 Å². The summed E-state index contributed by atoms with van der Waals surface area (Å²) in [5.41, 5.74) is 3.94. The number of hydrogen-bond donors (Lipinski definition) is 0. The van der Waals surface area contributed by atoms with Gasteiger partial charge in [0.25, 0.3) is 0 Å². The lowest BCUT2D eigenvalue weighted by Crippen LogP contribution is -2.34. The lowest BCUT2D eigenvalue weighted by atomic mass is 9.95. The van der Waals surface area contributed by atoms with Gasteiger partial charge in [0.2, 0.25) is 0 Å². The molecule has 7 nitrogen and oxygen atoms in total. The largest absolute Gasteiger partial charge is 0.332 e. The van der Waals surface area contributed by atoms with Crippen LogP contribution in [0.25, 0.3) is 11.4 Å². The van der Waals surface area contributed by atoms with E-state index in [0.717, 1.165) is 55.3 Å². The van der Waals surface area contributed by atoms with Gasteiger partial charge in [-0.05, 0) is 19.4 Å². The van der Waals surface area contributed by atoms with Crippen molar-refractivity contribution in [2.45, 2.75) is 25.3 Å². The van der Waals surface area contributed by atoms with E-state index in [-0.39, 0.29) is 0 Å². The van der Waals surface area contributed by atoms with Gasteiger partial charge in [0.15, 0.2) is 0 Å². The molecule has 1 atom stereocenters. The molecule has 0 unspecified atom stereocenters. The number of aromatic nitrogens is 6. The van der Waals surface area contributed by atoms with Crippen LogP contribution < -0.4 is 0 Å². The number of hydrogen-bond acceptors (Lipinski definition) is 6. The Morgan fingerprint density at radius 3 is 2.84 bits per heavy atom. The second-order valence-electron chi connectivity index (χ2n) is 6.49. The molecule has 1 aliphatic heterocycles. The monoisotopic (exact) mass is 335 g/mol. The van der Waals surface area contributed by atoms with Crippen LogP contribution in [0.4, 0.5) is 0 Å². The van der Waals surface area contributed by atoms with Crippen LogP contribution in [-0.4, -0.2) is 47.5 Å². The highest BCUT2D eigenvalue weighted by molar-refractivity contribution is 5.52. The molecule has 3 aromatic rings. The highest BCUT2D eigenvalue weighted by Crippen LogP contribution is 2.27. The molecule has 3 aromatic heterocycles. The molecule has 1 fully saturated rings. The number of imidazole rings is 1. The predicted octanol–water partition coefficient (Wildman–Crippen LogP) is 2.05. The third kappa shape index (κ3) is 3.56. The standard InChI is InChI=1S/C18H21N7/c1-24-13-21-10-18(24)17-9-20-8-16(23-17)14-3-2-6-25(11-14)12-15-7-19-4-5-22-15/h4-5,7-10,13-14H,2-3,6,11-12H2,1H3/t14-/m1/s1. The van der Waals surface area contributed by atoms with Crippen LogP contribution in [0.15, 0.2) is 43.5 Å². The van der Waals surface area contributed by atoms with Crippen LogP contribution in [0.1, 0.15) is 30.1 Å². The van der Waals surface area contributed by atoms with Crippen molar-refractivity contribution in [3.8, 4) is 11.4 Å². The molecule has 0 N–H and O–H groups in total. The maximum atomic E-state index is 4.86. The second kappa shape index (κ2) is 7.06. The molecule has 1 saturated heterocycles. The van der Waals surface area contributed by atoms with Crippen LogP contribution in [0.2, 0.25) is 0 Å². The number of aryl methyl sites for hydroxylation is 1. The third-order valence-corrected chi connectivity index (χ3v) is 4.66. The van der Waals surface area contributed by atoms with E-state index in [9.17, 15) is 0 Å². The average molecular weight is 335 g/mol. The molecule has 128 valence electrons. The van der Waals surface area contributed by atoms with E-state index in [2.05, 4.69) is 24.8 Å². The molecule has 0 bridgehead atoms. The first-order chi connectivity index (χ1) is 12.3. The smallest absolute Gasteiger partial charge is 0.107 e. The molecular formula is C18H21N7. The molecule has 7 heteroatoms. The highest BCUT2D eigenvalue weighted by atomic mass is 15.1. The molecular weight excluding hydrogens is 314 g/mol. The first-order valence-electron chi connectivity index (χ1n) is 8.55. The SMILES string of the molecule is Cn1cncc1-c1cncc([C@@H]2CCCN(Cc3cnccn3)C2)n1. The van der Waals surface area contributed by atoms with Gasteiger partial charge in [-0.3, -0.25) is 19.9 Å². The maximum Gasteiger partial charge on any atom is 0.107 e. The lowest BCUT2D eigenvalue weighted by molar-refractivity contribution is 0.196. The van der Waals surface area contributed by atoms with Crippen LogP contribution in [0, 0.1) is 0 Å².